The van der Waals surface area contributed by atoms with Gasteiger partial charge in [0.05, 0.1) is 13.2 Å². The van der Waals surface area contributed by atoms with E-state index >= 15 is 0 Å². The van der Waals surface area contributed by atoms with Gasteiger partial charge in [0.1, 0.15) is 0 Å². The second-order valence-corrected chi connectivity index (χ2v) is 8.85. The molecular formula is C26H44N2O3. The maximum absolute atomic E-state index is 12.5. The summed E-state index contributed by atoms with van der Waals surface area (Å²) in [6.45, 7) is 12.5. The van der Waals surface area contributed by atoms with Crippen molar-refractivity contribution in [1.29, 1.82) is 0 Å². The van der Waals surface area contributed by atoms with Crippen LogP contribution in [-0.4, -0.2) is 71.9 Å². The standard InChI is InChI=1S/C26H44N2O3/c1-22(2)8-5-9-23(3)10-6-12-25(21-30)13-7-11-24(4)20-26(31)28-16-14-27(15-17-28)18-19-29/h8,10,13,20,29-30H,5-7,9,11-12,14-19,21H2,1-4H3/b23-10+,24-20+,25-13-. The first-order chi connectivity index (χ1) is 14.8. The summed E-state index contributed by atoms with van der Waals surface area (Å²) in [5.74, 6) is 0.0845. The number of carbonyl (C=O) groups excluding carboxylic acids is 1. The average molecular weight is 433 g/mol. The third-order valence-electron chi connectivity index (χ3n) is 5.69. The second-order valence-electron chi connectivity index (χ2n) is 8.85. The van der Waals surface area contributed by atoms with Crippen LogP contribution in [-0.2, 0) is 4.79 Å². The van der Waals surface area contributed by atoms with Crippen LogP contribution in [0.5, 0.6) is 0 Å². The number of amides is 1. The predicted molar refractivity (Wildman–Crippen MR) is 130 cm³/mol. The molecule has 1 amide bonds. The summed E-state index contributed by atoms with van der Waals surface area (Å²) in [4.78, 5) is 16.5. The molecule has 0 bridgehead atoms. The zero-order valence-corrected chi connectivity index (χ0v) is 20.2. The number of rotatable bonds is 13. The van der Waals surface area contributed by atoms with Crippen LogP contribution in [0.3, 0.4) is 0 Å². The molecule has 0 radical (unpaired) electrons. The van der Waals surface area contributed by atoms with Crippen molar-refractivity contribution < 1.29 is 15.0 Å². The molecule has 0 aromatic rings. The highest BCUT2D eigenvalue weighted by Gasteiger charge is 2.19. The minimum atomic E-state index is 0.0845. The van der Waals surface area contributed by atoms with Crippen molar-refractivity contribution >= 4 is 5.91 Å². The molecule has 0 saturated carbocycles. The minimum absolute atomic E-state index is 0.0845. The Kier molecular flexibility index (Phi) is 14.1. The zero-order chi connectivity index (χ0) is 23.1. The van der Waals surface area contributed by atoms with Gasteiger partial charge in [-0.1, -0.05) is 34.9 Å². The van der Waals surface area contributed by atoms with Gasteiger partial charge in [-0.05, 0) is 71.8 Å². The average Bonchev–Trinajstić information content (AvgIpc) is 2.73. The summed E-state index contributed by atoms with van der Waals surface area (Å²) >= 11 is 0. The van der Waals surface area contributed by atoms with Gasteiger partial charge in [0, 0.05) is 38.8 Å². The van der Waals surface area contributed by atoms with Crippen molar-refractivity contribution in [3.8, 4) is 0 Å². The maximum atomic E-state index is 12.5. The highest BCUT2D eigenvalue weighted by atomic mass is 16.3. The molecule has 0 aliphatic carbocycles. The van der Waals surface area contributed by atoms with E-state index in [1.807, 2.05) is 11.8 Å². The van der Waals surface area contributed by atoms with Crippen LogP contribution in [0, 0.1) is 0 Å². The lowest BCUT2D eigenvalue weighted by Gasteiger charge is -2.33. The van der Waals surface area contributed by atoms with Crippen LogP contribution < -0.4 is 0 Å². The molecule has 1 saturated heterocycles. The fourth-order valence-electron chi connectivity index (χ4n) is 3.65. The van der Waals surface area contributed by atoms with Gasteiger partial charge in [0.2, 0.25) is 5.91 Å². The quantitative estimate of drug-likeness (QED) is 0.337. The summed E-state index contributed by atoms with van der Waals surface area (Å²) in [5, 5.41) is 18.7. The van der Waals surface area contributed by atoms with Gasteiger partial charge in [0.25, 0.3) is 0 Å². The Labute approximate surface area is 189 Å². The monoisotopic (exact) mass is 432 g/mol. The second kappa shape index (κ2) is 16.0. The van der Waals surface area contributed by atoms with E-state index < -0.39 is 0 Å². The third-order valence-corrected chi connectivity index (χ3v) is 5.69. The number of carbonyl (C=O) groups is 1. The molecule has 0 spiro atoms. The van der Waals surface area contributed by atoms with Gasteiger partial charge in [-0.25, -0.2) is 0 Å². The number of β-amino-alcohol motifs (C(OH)–C–C–N with tert-alkyl or cyclic N) is 1. The van der Waals surface area contributed by atoms with E-state index in [9.17, 15) is 9.90 Å². The van der Waals surface area contributed by atoms with E-state index in [4.69, 9.17) is 5.11 Å². The van der Waals surface area contributed by atoms with Crippen molar-refractivity contribution in [1.82, 2.24) is 9.80 Å². The largest absolute Gasteiger partial charge is 0.395 e. The lowest BCUT2D eigenvalue weighted by atomic mass is 10.0. The van der Waals surface area contributed by atoms with Crippen LogP contribution in [0.2, 0.25) is 0 Å². The lowest BCUT2D eigenvalue weighted by Crippen LogP contribution is -2.48. The van der Waals surface area contributed by atoms with Crippen LogP contribution in [0.15, 0.2) is 46.6 Å². The molecule has 5 nitrogen and oxygen atoms in total. The van der Waals surface area contributed by atoms with Gasteiger partial charge < -0.3 is 15.1 Å². The molecule has 1 aliphatic rings. The number of piperazine rings is 1. The first-order valence-electron chi connectivity index (χ1n) is 11.7. The predicted octanol–water partition coefficient (Wildman–Crippen LogP) is 4.24. The van der Waals surface area contributed by atoms with Crippen molar-refractivity contribution in [2.45, 2.75) is 66.2 Å². The van der Waals surface area contributed by atoms with E-state index in [1.54, 1.807) is 6.08 Å². The number of aliphatic hydroxyl groups is 2. The smallest absolute Gasteiger partial charge is 0.246 e. The first-order valence-corrected chi connectivity index (χ1v) is 11.7. The molecule has 1 fully saturated rings. The number of hydrogen-bond donors (Lipinski definition) is 2. The molecule has 1 heterocycles. The van der Waals surface area contributed by atoms with E-state index in [-0.39, 0.29) is 19.1 Å². The van der Waals surface area contributed by atoms with Gasteiger partial charge in [-0.2, -0.15) is 0 Å². The Morgan fingerprint density at radius 3 is 2.03 bits per heavy atom. The molecule has 0 atom stereocenters. The molecule has 31 heavy (non-hydrogen) atoms. The summed E-state index contributed by atoms with van der Waals surface area (Å²) in [6, 6.07) is 0. The molecule has 2 N–H and O–H groups in total. The number of hydrogen-bond acceptors (Lipinski definition) is 4. The molecule has 0 aromatic carbocycles. The maximum Gasteiger partial charge on any atom is 0.246 e. The van der Waals surface area contributed by atoms with Crippen LogP contribution in [0.25, 0.3) is 0 Å². The third kappa shape index (κ3) is 12.7. The van der Waals surface area contributed by atoms with E-state index in [2.05, 4.69) is 43.9 Å². The van der Waals surface area contributed by atoms with Crippen molar-refractivity contribution in [2.24, 2.45) is 0 Å². The summed E-state index contributed by atoms with van der Waals surface area (Å²) in [5.41, 5.74) is 4.92. The SMILES string of the molecule is CC(C)=CCC/C(C)=C/CC/C(=C/CC/C(C)=C/C(=O)N1CCN(CCO)CC1)CO. The molecule has 5 heteroatoms. The fraction of sp³-hybridized carbons (Fsp3) is 0.654. The van der Waals surface area contributed by atoms with Crippen molar-refractivity contribution in [3.05, 3.63) is 46.6 Å². The van der Waals surface area contributed by atoms with E-state index in [0.29, 0.717) is 6.54 Å². The normalized spacial score (nSPS) is 16.6. The highest BCUT2D eigenvalue weighted by Crippen LogP contribution is 2.14. The molecule has 1 rings (SSSR count). The Bertz CT molecular complexity index is 650. The Hall–Kier alpha value is -1.69. The zero-order valence-electron chi connectivity index (χ0n) is 20.2. The topological polar surface area (TPSA) is 64.0 Å². The summed E-state index contributed by atoms with van der Waals surface area (Å²) in [6.07, 6.45) is 14.2. The molecule has 0 aromatic heterocycles. The Balaban J connectivity index is 2.37. The van der Waals surface area contributed by atoms with Crippen molar-refractivity contribution in [3.63, 3.8) is 0 Å². The Morgan fingerprint density at radius 2 is 1.42 bits per heavy atom. The van der Waals surface area contributed by atoms with Gasteiger partial charge in [-0.15, -0.1) is 0 Å². The van der Waals surface area contributed by atoms with Crippen LogP contribution >= 0.6 is 0 Å². The van der Waals surface area contributed by atoms with Crippen LogP contribution in [0.1, 0.15) is 66.2 Å². The minimum Gasteiger partial charge on any atom is -0.395 e. The molecule has 0 unspecified atom stereocenters. The fourth-order valence-corrected chi connectivity index (χ4v) is 3.65. The summed E-state index contributed by atoms with van der Waals surface area (Å²) in [7, 11) is 0. The van der Waals surface area contributed by atoms with Crippen molar-refractivity contribution in [2.75, 3.05) is 45.9 Å². The number of allylic oxidation sites excluding steroid dienone is 6. The van der Waals surface area contributed by atoms with Crippen LogP contribution in [0.4, 0.5) is 0 Å². The van der Waals surface area contributed by atoms with Gasteiger partial charge in [-0.3, -0.25) is 9.69 Å². The summed E-state index contributed by atoms with van der Waals surface area (Å²) < 4.78 is 0. The van der Waals surface area contributed by atoms with E-state index in [0.717, 1.165) is 75.9 Å². The molecular weight excluding hydrogens is 388 g/mol. The Morgan fingerprint density at radius 1 is 0.806 bits per heavy atom. The molecule has 176 valence electrons. The van der Waals surface area contributed by atoms with E-state index in [1.165, 1.54) is 11.1 Å². The molecule has 1 aliphatic heterocycles. The highest BCUT2D eigenvalue weighted by molar-refractivity contribution is 5.88. The van der Waals surface area contributed by atoms with Gasteiger partial charge in [0.15, 0.2) is 0 Å². The first kappa shape index (κ1) is 27.3. The number of nitrogens with zero attached hydrogens (tertiary/aromatic N) is 2. The van der Waals surface area contributed by atoms with Gasteiger partial charge >= 0.3 is 0 Å². The lowest BCUT2D eigenvalue weighted by molar-refractivity contribution is -0.127. The number of aliphatic hydroxyl groups excluding tert-OH is 2.